The number of phosphoric acid groups is 2. The van der Waals surface area contributed by atoms with Gasteiger partial charge in [0.1, 0.15) is 25.4 Å². The summed E-state index contributed by atoms with van der Waals surface area (Å²) in [4.78, 5) is 58.7. The van der Waals surface area contributed by atoms with Crippen LogP contribution in [0.5, 0.6) is 0 Å². The van der Waals surface area contributed by atoms with Gasteiger partial charge in [-0.05, 0) is 109 Å². The maximum absolute atomic E-state index is 12.9. The van der Waals surface area contributed by atoms with E-state index in [1.165, 1.54) is 193 Å². The maximum Gasteiger partial charge on any atom is 0.472 e. The van der Waals surface area contributed by atoms with Crippen LogP contribution in [0.3, 0.4) is 0 Å². The van der Waals surface area contributed by atoms with E-state index in [1.54, 1.807) is 0 Å². The predicted molar refractivity (Wildman–Crippen MR) is 445 cm³/mol. The van der Waals surface area contributed by atoms with E-state index >= 15 is 0 Å². The van der Waals surface area contributed by atoms with Crippen LogP contribution in [0.1, 0.15) is 380 Å². The highest BCUT2D eigenvalue weighted by Crippen LogP contribution is 2.45. The summed E-state index contributed by atoms with van der Waals surface area (Å²) in [5.74, 6) is -1.56. The average molecular weight is 1550 g/mol. The molecule has 0 fully saturated rings. The molecule has 0 rings (SSSR count). The Bertz CT molecular complexity index is 2380. The number of aliphatic hydroxyl groups excluding tert-OH is 2. The van der Waals surface area contributed by atoms with E-state index in [4.69, 9.17) is 32.3 Å². The van der Waals surface area contributed by atoms with Crippen LogP contribution >= 0.6 is 15.6 Å². The quantitative estimate of drug-likeness (QED) is 0.0146. The molecule has 0 bridgehead atoms. The van der Waals surface area contributed by atoms with Gasteiger partial charge in [-0.2, -0.15) is 0 Å². The first-order valence-electron chi connectivity index (χ1n) is 43.2. The Hall–Kier alpha value is -3.79. The molecule has 0 heterocycles. The summed E-state index contributed by atoms with van der Waals surface area (Å²) in [7, 11) is -9.78. The van der Waals surface area contributed by atoms with Crippen molar-refractivity contribution in [1.82, 2.24) is 0 Å². The number of hydrogen-bond acceptors (Lipinski definition) is 14. The fraction of sp³-hybridized carbons (Fsp3) is 0.764. The monoisotopic (exact) mass is 1550 g/mol. The number of phosphoric ester groups is 2. The maximum atomic E-state index is 12.9. The third-order valence-electron chi connectivity index (χ3n) is 18.5. The third kappa shape index (κ3) is 83.0. The van der Waals surface area contributed by atoms with Crippen LogP contribution in [0.15, 0.2) is 109 Å². The Balaban J connectivity index is 4.33. The van der Waals surface area contributed by atoms with Gasteiger partial charge in [0.15, 0.2) is 6.10 Å². The molecule has 0 aliphatic heterocycles. The summed E-state index contributed by atoms with van der Waals surface area (Å²) in [5.41, 5.74) is 0. The van der Waals surface area contributed by atoms with Crippen molar-refractivity contribution in [2.24, 2.45) is 0 Å². The number of esters is 3. The van der Waals surface area contributed by atoms with E-state index < -0.39 is 91.5 Å². The standard InChI is InChI=1S/C89H158O16P2/c1-4-7-10-13-16-19-22-24-26-28-30-32-34-36-37-38-39-40-41-42-43-44-45-47-49-50-52-54-56-58-61-63-66-69-72-75-87(92)99-78-84(90)79-101-106(95,96)102-80-85(91)81-103-107(97,98)104-83-86(105-89(94)77-74-71-68-65-60-21-18-15-12-9-6-3)82-100-88(93)76-73-70-67-64-62-59-57-55-53-51-48-46-35-33-31-29-27-25-23-20-17-14-11-8-5-2/h8,11,16-17,19-20,24-27,30-33,36-37,46,48,84-86,90-91H,4-7,9-10,12-15,18,21-23,28-29,34-35,38-45,47,49-83H2,1-3H3,(H,95,96)(H,97,98)/b11-8-,19-16-,20-17-,26-24-,27-25-,32-30-,33-31-,37-36-,48-46-. The third-order valence-corrected chi connectivity index (χ3v) is 20.4. The van der Waals surface area contributed by atoms with Crippen molar-refractivity contribution in [2.45, 2.75) is 399 Å². The van der Waals surface area contributed by atoms with Crippen molar-refractivity contribution >= 4 is 33.6 Å². The average Bonchev–Trinajstić information content (AvgIpc) is 0.909. The minimum Gasteiger partial charge on any atom is -0.463 e. The lowest BCUT2D eigenvalue weighted by atomic mass is 10.0. The Morgan fingerprint density at radius 3 is 0.804 bits per heavy atom. The van der Waals surface area contributed by atoms with Gasteiger partial charge in [-0.3, -0.25) is 32.5 Å². The first kappa shape index (κ1) is 103. The molecule has 620 valence electrons. The van der Waals surface area contributed by atoms with Crippen LogP contribution in [0.25, 0.3) is 0 Å². The van der Waals surface area contributed by atoms with Gasteiger partial charge in [-0.25, -0.2) is 9.13 Å². The summed E-state index contributed by atoms with van der Waals surface area (Å²) in [6, 6.07) is 0. The number of hydrogen-bond donors (Lipinski definition) is 4. The van der Waals surface area contributed by atoms with Gasteiger partial charge in [-0.15, -0.1) is 0 Å². The molecule has 18 heteroatoms. The lowest BCUT2D eigenvalue weighted by Crippen LogP contribution is -2.30. The predicted octanol–water partition coefficient (Wildman–Crippen LogP) is 25.9. The highest BCUT2D eigenvalue weighted by atomic mass is 31.2. The Kier molecular flexibility index (Phi) is 78.8. The second-order valence-electron chi connectivity index (χ2n) is 29.0. The van der Waals surface area contributed by atoms with Crippen LogP contribution in [-0.4, -0.2) is 95.9 Å². The summed E-state index contributed by atoms with van der Waals surface area (Å²) < 4.78 is 61.2. The van der Waals surface area contributed by atoms with Crippen LogP contribution in [-0.2, 0) is 55.8 Å². The minimum absolute atomic E-state index is 0.106. The van der Waals surface area contributed by atoms with Crippen molar-refractivity contribution in [3.63, 3.8) is 0 Å². The van der Waals surface area contributed by atoms with E-state index in [9.17, 15) is 43.5 Å². The van der Waals surface area contributed by atoms with Crippen molar-refractivity contribution in [3.8, 4) is 0 Å². The normalized spacial score (nSPS) is 14.4. The minimum atomic E-state index is -4.93. The highest BCUT2D eigenvalue weighted by molar-refractivity contribution is 7.47. The number of carbonyl (C=O) groups is 3. The largest absolute Gasteiger partial charge is 0.472 e. The number of unbranched alkanes of at least 4 members (excludes halogenated alkanes) is 41. The number of aliphatic hydroxyl groups is 2. The Morgan fingerprint density at radius 2 is 0.495 bits per heavy atom. The van der Waals surface area contributed by atoms with E-state index in [2.05, 4.69) is 130 Å². The zero-order valence-corrected chi connectivity index (χ0v) is 69.8. The molecule has 0 saturated carbocycles. The van der Waals surface area contributed by atoms with Gasteiger partial charge < -0.3 is 34.2 Å². The highest BCUT2D eigenvalue weighted by Gasteiger charge is 2.29. The van der Waals surface area contributed by atoms with Gasteiger partial charge in [0.25, 0.3) is 0 Å². The number of ether oxygens (including phenoxy) is 3. The summed E-state index contributed by atoms with van der Waals surface area (Å²) in [6.45, 7) is 2.57. The summed E-state index contributed by atoms with van der Waals surface area (Å²) in [6.07, 6.45) is 97.4. The molecule has 0 aliphatic carbocycles. The van der Waals surface area contributed by atoms with Crippen LogP contribution in [0.2, 0.25) is 0 Å². The molecular weight excluding hydrogens is 1390 g/mol. The molecule has 5 atom stereocenters. The first-order valence-corrected chi connectivity index (χ1v) is 46.2. The van der Waals surface area contributed by atoms with E-state index in [0.29, 0.717) is 19.3 Å². The molecule has 107 heavy (non-hydrogen) atoms. The van der Waals surface area contributed by atoms with Gasteiger partial charge in [0.05, 0.1) is 26.4 Å². The van der Waals surface area contributed by atoms with Gasteiger partial charge in [0.2, 0.25) is 0 Å². The molecule has 0 saturated heterocycles. The van der Waals surface area contributed by atoms with E-state index in [0.717, 1.165) is 128 Å². The fourth-order valence-electron chi connectivity index (χ4n) is 11.9. The zero-order chi connectivity index (χ0) is 78.0. The number of allylic oxidation sites excluding steroid dienone is 18. The molecule has 0 radical (unpaired) electrons. The first-order chi connectivity index (χ1) is 52.2. The SMILES string of the molecule is CC/C=C\C/C=C\C/C=C\C/C=C\C/C=C\CCCCCCCCCCCC(=O)OCC(COP(=O)(O)OCC(O)COP(=O)(O)OCC(O)COC(=O)CCCCCCCCCCCCCCCCCCCCC/C=C\C/C=C\C/C=C\C/C=C\CCCCC)OC(=O)CCCCCCCCCCCCC. The molecular formula is C89H158O16P2. The van der Waals surface area contributed by atoms with Gasteiger partial charge in [0, 0.05) is 19.3 Å². The summed E-state index contributed by atoms with van der Waals surface area (Å²) >= 11 is 0. The lowest BCUT2D eigenvalue weighted by molar-refractivity contribution is -0.161. The van der Waals surface area contributed by atoms with Crippen molar-refractivity contribution in [2.75, 3.05) is 39.6 Å². The number of carbonyl (C=O) groups excluding carboxylic acids is 3. The lowest BCUT2D eigenvalue weighted by Gasteiger charge is -2.21. The van der Waals surface area contributed by atoms with Crippen LogP contribution < -0.4 is 0 Å². The van der Waals surface area contributed by atoms with Crippen molar-refractivity contribution < 1.29 is 75.8 Å². The van der Waals surface area contributed by atoms with E-state index in [-0.39, 0.29) is 19.3 Å². The van der Waals surface area contributed by atoms with Gasteiger partial charge >= 0.3 is 33.6 Å². The summed E-state index contributed by atoms with van der Waals surface area (Å²) in [5, 5.41) is 20.7. The van der Waals surface area contributed by atoms with E-state index in [1.807, 2.05) is 0 Å². The smallest absolute Gasteiger partial charge is 0.463 e. The molecule has 0 amide bonds. The molecule has 0 aromatic rings. The van der Waals surface area contributed by atoms with Gasteiger partial charge in [-0.1, -0.05) is 361 Å². The second-order valence-corrected chi connectivity index (χ2v) is 31.9. The molecule has 5 unspecified atom stereocenters. The molecule has 0 aromatic carbocycles. The van der Waals surface area contributed by atoms with Crippen molar-refractivity contribution in [1.29, 1.82) is 0 Å². The molecule has 0 aliphatic rings. The molecule has 0 aromatic heterocycles. The molecule has 4 N–H and O–H groups in total. The molecule has 0 spiro atoms. The molecule has 16 nitrogen and oxygen atoms in total. The Morgan fingerprint density at radius 1 is 0.271 bits per heavy atom. The zero-order valence-electron chi connectivity index (χ0n) is 68.0. The fourth-order valence-corrected chi connectivity index (χ4v) is 13.5. The Labute approximate surface area is 653 Å². The second kappa shape index (κ2) is 81.7. The van der Waals surface area contributed by atoms with Crippen molar-refractivity contribution in [3.05, 3.63) is 109 Å². The van der Waals surface area contributed by atoms with Crippen LogP contribution in [0.4, 0.5) is 0 Å². The topological polar surface area (TPSA) is 231 Å². The number of rotatable bonds is 82. The van der Waals surface area contributed by atoms with Crippen LogP contribution in [0, 0.1) is 0 Å².